The van der Waals surface area contributed by atoms with Gasteiger partial charge in [-0.25, -0.2) is 0 Å². The molecule has 0 aliphatic heterocycles. The molecular formula is C14H16N2O2. The van der Waals surface area contributed by atoms with Crippen molar-refractivity contribution in [3.63, 3.8) is 0 Å². The van der Waals surface area contributed by atoms with E-state index in [0.717, 1.165) is 12.8 Å². The molecule has 4 nitrogen and oxygen atoms in total. The third-order valence-corrected chi connectivity index (χ3v) is 2.89. The molecule has 4 heteroatoms. The fraction of sp³-hybridized carbons (Fsp3) is 0.429. The van der Waals surface area contributed by atoms with Crippen LogP contribution in [0.2, 0.25) is 0 Å². The van der Waals surface area contributed by atoms with Gasteiger partial charge >= 0.3 is 0 Å². The molecule has 1 aromatic rings. The molecule has 1 aromatic heterocycles. The second kappa shape index (κ2) is 5.19. The molecule has 0 atom stereocenters. The van der Waals surface area contributed by atoms with Gasteiger partial charge in [0, 0.05) is 29.9 Å². The normalized spacial score (nSPS) is 15.4. The fourth-order valence-electron chi connectivity index (χ4n) is 1.51. The van der Waals surface area contributed by atoms with Crippen molar-refractivity contribution in [3.8, 4) is 11.8 Å². The number of aliphatic hydroxyl groups is 1. The second-order valence-electron chi connectivity index (χ2n) is 4.75. The molecule has 0 bridgehead atoms. The summed E-state index contributed by atoms with van der Waals surface area (Å²) >= 11 is 0. The minimum Gasteiger partial charge on any atom is -0.395 e. The average molecular weight is 244 g/mol. The van der Waals surface area contributed by atoms with Crippen molar-refractivity contribution in [2.24, 2.45) is 0 Å². The first-order chi connectivity index (χ1) is 8.63. The van der Waals surface area contributed by atoms with Gasteiger partial charge in [-0.3, -0.25) is 9.78 Å². The molecule has 2 rings (SSSR count). The Hall–Kier alpha value is -1.86. The van der Waals surface area contributed by atoms with E-state index in [1.165, 1.54) is 6.20 Å². The summed E-state index contributed by atoms with van der Waals surface area (Å²) in [6.45, 7) is 2.07. The number of nitrogens with one attached hydrogen (secondary N) is 1. The van der Waals surface area contributed by atoms with Crippen molar-refractivity contribution in [3.05, 3.63) is 29.6 Å². The van der Waals surface area contributed by atoms with E-state index in [0.29, 0.717) is 17.5 Å². The van der Waals surface area contributed by atoms with Crippen LogP contribution in [-0.4, -0.2) is 28.1 Å². The number of aromatic nitrogens is 1. The highest BCUT2D eigenvalue weighted by molar-refractivity contribution is 5.94. The zero-order valence-corrected chi connectivity index (χ0v) is 10.4. The van der Waals surface area contributed by atoms with Gasteiger partial charge in [0.05, 0.1) is 12.2 Å². The number of nitrogens with zero attached hydrogens (tertiary/aromatic N) is 1. The van der Waals surface area contributed by atoms with Gasteiger partial charge in [0.25, 0.3) is 5.91 Å². The van der Waals surface area contributed by atoms with Gasteiger partial charge in [-0.1, -0.05) is 11.8 Å². The van der Waals surface area contributed by atoms with Gasteiger partial charge < -0.3 is 10.4 Å². The predicted octanol–water partition coefficient (Wildman–Crippen LogP) is 1.10. The summed E-state index contributed by atoms with van der Waals surface area (Å²) in [4.78, 5) is 16.0. The number of pyridine rings is 1. The maximum absolute atomic E-state index is 11.9. The van der Waals surface area contributed by atoms with Crippen LogP contribution in [0.25, 0.3) is 0 Å². The van der Waals surface area contributed by atoms with E-state index in [1.807, 2.05) is 6.92 Å². The Kier molecular flexibility index (Phi) is 3.63. The van der Waals surface area contributed by atoms with Gasteiger partial charge in [-0.05, 0) is 25.8 Å². The molecule has 94 valence electrons. The summed E-state index contributed by atoms with van der Waals surface area (Å²) in [5.74, 6) is 5.57. The van der Waals surface area contributed by atoms with Crippen LogP contribution < -0.4 is 5.32 Å². The van der Waals surface area contributed by atoms with Crippen LogP contribution in [0.4, 0.5) is 0 Å². The van der Waals surface area contributed by atoms with Crippen molar-refractivity contribution < 1.29 is 9.90 Å². The van der Waals surface area contributed by atoms with Crippen molar-refractivity contribution in [1.82, 2.24) is 10.3 Å². The van der Waals surface area contributed by atoms with Crippen LogP contribution in [0.5, 0.6) is 0 Å². The zero-order valence-electron chi connectivity index (χ0n) is 10.4. The van der Waals surface area contributed by atoms with E-state index in [-0.39, 0.29) is 18.1 Å². The Bertz CT molecular complexity index is 510. The number of amides is 1. The van der Waals surface area contributed by atoms with Crippen LogP contribution in [0.1, 0.15) is 42.1 Å². The molecule has 1 aliphatic carbocycles. The Labute approximate surface area is 106 Å². The van der Waals surface area contributed by atoms with E-state index < -0.39 is 0 Å². The Morgan fingerprint density at radius 1 is 1.56 bits per heavy atom. The van der Waals surface area contributed by atoms with Gasteiger partial charge in [-0.15, -0.1) is 0 Å². The summed E-state index contributed by atoms with van der Waals surface area (Å²) in [6.07, 6.45) is 5.64. The van der Waals surface area contributed by atoms with Gasteiger partial charge in [0.2, 0.25) is 0 Å². The lowest BCUT2D eigenvalue weighted by Gasteiger charge is -2.10. The van der Waals surface area contributed by atoms with E-state index in [1.54, 1.807) is 12.3 Å². The molecule has 1 saturated carbocycles. The highest BCUT2D eigenvalue weighted by Gasteiger charge is 2.38. The molecule has 0 spiro atoms. The monoisotopic (exact) mass is 244 g/mol. The summed E-state index contributed by atoms with van der Waals surface area (Å²) in [6, 6.07) is 1.72. The van der Waals surface area contributed by atoms with E-state index in [4.69, 9.17) is 5.11 Å². The molecule has 0 aromatic carbocycles. The molecule has 1 fully saturated rings. The first-order valence-electron chi connectivity index (χ1n) is 6.00. The number of carbonyl (C=O) groups is 1. The molecule has 2 N–H and O–H groups in total. The van der Waals surface area contributed by atoms with Crippen LogP contribution >= 0.6 is 0 Å². The quantitative estimate of drug-likeness (QED) is 0.783. The number of aliphatic hydroxyl groups excluding tert-OH is 1. The predicted molar refractivity (Wildman–Crippen MR) is 67.9 cm³/mol. The molecule has 1 heterocycles. The van der Waals surface area contributed by atoms with Crippen LogP contribution in [0, 0.1) is 11.8 Å². The van der Waals surface area contributed by atoms with E-state index in [2.05, 4.69) is 22.1 Å². The molecular weight excluding hydrogens is 228 g/mol. The first kappa shape index (κ1) is 12.6. The van der Waals surface area contributed by atoms with Crippen molar-refractivity contribution in [1.29, 1.82) is 0 Å². The third-order valence-electron chi connectivity index (χ3n) is 2.89. The number of rotatable bonds is 3. The maximum atomic E-state index is 11.9. The minimum atomic E-state index is -0.103. The summed E-state index contributed by atoms with van der Waals surface area (Å²) < 4.78 is 0. The number of hydrogen-bond donors (Lipinski definition) is 2. The summed E-state index contributed by atoms with van der Waals surface area (Å²) in [5.41, 5.74) is 1.19. The minimum absolute atomic E-state index is 0.0321. The molecule has 1 aliphatic rings. The highest BCUT2D eigenvalue weighted by atomic mass is 16.2. The molecule has 0 saturated heterocycles. The maximum Gasteiger partial charge on any atom is 0.253 e. The topological polar surface area (TPSA) is 62.2 Å². The Balaban J connectivity index is 2.07. The van der Waals surface area contributed by atoms with E-state index in [9.17, 15) is 4.79 Å². The smallest absolute Gasteiger partial charge is 0.253 e. The van der Waals surface area contributed by atoms with Crippen molar-refractivity contribution in [2.75, 3.05) is 6.61 Å². The van der Waals surface area contributed by atoms with Gasteiger partial charge in [0.15, 0.2) is 0 Å². The lowest BCUT2D eigenvalue weighted by molar-refractivity contribution is 0.0935. The number of hydrogen-bond acceptors (Lipinski definition) is 3. The van der Waals surface area contributed by atoms with Crippen LogP contribution in [0.15, 0.2) is 18.5 Å². The van der Waals surface area contributed by atoms with E-state index >= 15 is 0 Å². The standard InChI is InChI=1S/C14H16N2O2/c1-14(5-6-14)16-13(18)12-8-11(9-15-10-12)4-2-3-7-17/h8-10,17H,3,5-7H2,1H3,(H,16,18). The SMILES string of the molecule is CC1(NC(=O)c2cncc(C#CCCO)c2)CC1. The van der Waals surface area contributed by atoms with Gasteiger partial charge in [-0.2, -0.15) is 0 Å². The fourth-order valence-corrected chi connectivity index (χ4v) is 1.51. The lowest BCUT2D eigenvalue weighted by atomic mass is 10.2. The first-order valence-corrected chi connectivity index (χ1v) is 6.00. The molecule has 18 heavy (non-hydrogen) atoms. The van der Waals surface area contributed by atoms with Crippen molar-refractivity contribution >= 4 is 5.91 Å². The highest BCUT2D eigenvalue weighted by Crippen LogP contribution is 2.34. The van der Waals surface area contributed by atoms with Gasteiger partial charge in [0.1, 0.15) is 0 Å². The second-order valence-corrected chi connectivity index (χ2v) is 4.75. The molecule has 0 unspecified atom stereocenters. The summed E-state index contributed by atoms with van der Waals surface area (Å²) in [5, 5.41) is 11.6. The Morgan fingerprint density at radius 3 is 3.00 bits per heavy atom. The van der Waals surface area contributed by atoms with Crippen LogP contribution in [-0.2, 0) is 0 Å². The van der Waals surface area contributed by atoms with Crippen molar-refractivity contribution in [2.45, 2.75) is 31.7 Å². The molecule has 0 radical (unpaired) electrons. The molecule has 1 amide bonds. The largest absolute Gasteiger partial charge is 0.395 e. The third kappa shape index (κ3) is 3.31. The van der Waals surface area contributed by atoms with Crippen LogP contribution in [0.3, 0.4) is 0 Å². The lowest BCUT2D eigenvalue weighted by Crippen LogP contribution is -2.34. The Morgan fingerprint density at radius 2 is 2.33 bits per heavy atom. The average Bonchev–Trinajstić information content (AvgIpc) is 3.07. The number of carbonyl (C=O) groups excluding carboxylic acids is 1. The zero-order chi connectivity index (χ0) is 13.0. The summed E-state index contributed by atoms with van der Waals surface area (Å²) in [7, 11) is 0.